The van der Waals surface area contributed by atoms with Crippen molar-refractivity contribution in [1.82, 2.24) is 60.0 Å². The molecule has 3 N–H and O–H groups in total. The number of carbonyl (C=O) groups excluding carboxylic acids is 12. The number of nitrogens with one attached hydrogen (secondary N) is 3. The average Bonchev–Trinajstić information content (AvgIpc) is 1.32. The quantitative estimate of drug-likeness (QED) is 0.200. The minimum Gasteiger partial charge on any atom is -0.377 e. The minimum atomic E-state index is -4.51. The number of halogens is 4. The second-order valence-electron chi connectivity index (χ2n) is 32.6. The first-order valence-electron chi connectivity index (χ1n) is 38.9. The Hall–Kier alpha value is -6.32. The van der Waals surface area contributed by atoms with E-state index in [-0.39, 0.29) is 127 Å². The summed E-state index contributed by atoms with van der Waals surface area (Å²) in [7, 11) is 8.82. The van der Waals surface area contributed by atoms with Crippen LogP contribution in [0.3, 0.4) is 0 Å². The van der Waals surface area contributed by atoms with Crippen molar-refractivity contribution in [3.63, 3.8) is 0 Å². The van der Waals surface area contributed by atoms with Crippen LogP contribution in [0.2, 0.25) is 0 Å². The van der Waals surface area contributed by atoms with E-state index in [1.54, 1.807) is 11.8 Å². The Morgan fingerprint density at radius 3 is 1.85 bits per heavy atom. The van der Waals surface area contributed by atoms with Crippen LogP contribution in [-0.4, -0.2) is 274 Å². The van der Waals surface area contributed by atoms with Gasteiger partial charge in [0.15, 0.2) is 0 Å². The minimum absolute atomic E-state index is 0.00165. The van der Waals surface area contributed by atoms with Crippen LogP contribution < -0.4 is 16.0 Å². The van der Waals surface area contributed by atoms with E-state index in [4.69, 9.17) is 16.3 Å². The summed E-state index contributed by atoms with van der Waals surface area (Å²) in [5, 5.41) is 7.71. The SMILES string of the molecule is CC[C@H](C)[C@@H]1NC(=O)[C@H](CC(C)C)N(C)C(=O)C[C@@H](C(=O)N2C3CCC2COC3)N(C)C(=O)[C@H](C2CCCC2)N(C)C(=O)C2(CCCC2)NC(=O)[C@@H]2CCCN2C(=O)[C@H](CCC2CCC(C(F)(F)F)C(Cl)C2)NC(=O)CN(C)C(=O)[C@H](CC2CCCCC2)N(C)C(=O)[C@@H]2CCN2C(=O)[C@H](C)N(C)C1=O. The number of morpholine rings is 1. The lowest BCUT2D eigenvalue weighted by atomic mass is 9.78. The van der Waals surface area contributed by atoms with Gasteiger partial charge < -0.3 is 64.8 Å². The summed E-state index contributed by atoms with van der Waals surface area (Å²) in [4.78, 5) is 195. The fourth-order valence-electron chi connectivity index (χ4n) is 18.4. The largest absolute Gasteiger partial charge is 0.393 e. The van der Waals surface area contributed by atoms with E-state index in [1.165, 1.54) is 88.4 Å². The molecule has 25 nitrogen and oxygen atoms in total. The van der Waals surface area contributed by atoms with Crippen molar-refractivity contribution in [2.45, 2.75) is 292 Å². The predicted molar refractivity (Wildman–Crippen MR) is 381 cm³/mol. The van der Waals surface area contributed by atoms with Crippen LogP contribution in [0, 0.1) is 35.5 Å². The molecule has 5 aliphatic heterocycles. The zero-order valence-electron chi connectivity index (χ0n) is 63.4. The number of fused-ring (bicyclic) bond motifs is 4. The summed E-state index contributed by atoms with van der Waals surface area (Å²) in [5.41, 5.74) is -1.56. The monoisotopic (exact) mass is 1490 g/mol. The number of nitrogens with zero attached hydrogens (tertiary/aromatic N) is 9. The molecule has 4 aliphatic carbocycles. The summed E-state index contributed by atoms with van der Waals surface area (Å²) in [5.74, 6) is -10.4. The molecule has 12 amide bonds. The third kappa shape index (κ3) is 18.3. The molecule has 5 unspecified atom stereocenters. The molecule has 0 aromatic carbocycles. The van der Waals surface area contributed by atoms with E-state index in [9.17, 15) is 32.3 Å². The fourth-order valence-corrected chi connectivity index (χ4v) is 18.9. The highest BCUT2D eigenvalue weighted by Gasteiger charge is 2.54. The number of rotatable bonds is 11. The second-order valence-corrected chi connectivity index (χ2v) is 33.2. The normalized spacial score (nSPS) is 33.0. The van der Waals surface area contributed by atoms with Crippen molar-refractivity contribution in [3.05, 3.63) is 0 Å². The maximum absolute atomic E-state index is 15.9. The van der Waals surface area contributed by atoms with Gasteiger partial charge in [0, 0.05) is 60.8 Å². The molecule has 5 saturated heterocycles. The zero-order chi connectivity index (χ0) is 76.0. The molecule has 584 valence electrons. The Balaban J connectivity index is 1.08. The van der Waals surface area contributed by atoms with Crippen LogP contribution in [0.4, 0.5) is 13.2 Å². The third-order valence-electron chi connectivity index (χ3n) is 25.3. The number of hydrogen-bond donors (Lipinski definition) is 3. The van der Waals surface area contributed by atoms with Crippen LogP contribution in [0.15, 0.2) is 0 Å². The molecule has 1 spiro atoms. The van der Waals surface area contributed by atoms with E-state index >= 15 is 38.4 Å². The van der Waals surface area contributed by atoms with E-state index < -0.39 is 173 Å². The molecule has 0 radical (unpaired) electrons. The van der Waals surface area contributed by atoms with Gasteiger partial charge in [0.2, 0.25) is 70.9 Å². The van der Waals surface area contributed by atoms with Crippen molar-refractivity contribution in [2.75, 3.05) is 75.1 Å². The van der Waals surface area contributed by atoms with Gasteiger partial charge in [-0.15, -0.1) is 11.6 Å². The van der Waals surface area contributed by atoms with Gasteiger partial charge in [0.1, 0.15) is 59.9 Å². The third-order valence-corrected chi connectivity index (χ3v) is 25.8. The number of hydrogen-bond acceptors (Lipinski definition) is 13. The highest BCUT2D eigenvalue weighted by Crippen LogP contribution is 2.44. The van der Waals surface area contributed by atoms with E-state index in [0.29, 0.717) is 51.4 Å². The van der Waals surface area contributed by atoms with Gasteiger partial charge in [-0.1, -0.05) is 91.9 Å². The number of carbonyl (C=O) groups is 12. The first kappa shape index (κ1) is 81.8. The maximum atomic E-state index is 15.9. The lowest BCUT2D eigenvalue weighted by Crippen LogP contribution is -2.65. The molecule has 2 bridgehead atoms. The lowest BCUT2D eigenvalue weighted by Gasteiger charge is -2.45. The molecule has 29 heteroatoms. The van der Waals surface area contributed by atoms with Gasteiger partial charge in [0.25, 0.3) is 0 Å². The smallest absolute Gasteiger partial charge is 0.377 e. The molecular formula is C75H118ClF3N12O13. The summed E-state index contributed by atoms with van der Waals surface area (Å²) in [6.45, 7) is 9.08. The zero-order valence-corrected chi connectivity index (χ0v) is 64.1. The molecule has 9 aliphatic rings. The highest BCUT2D eigenvalue weighted by molar-refractivity contribution is 6.21. The molecule has 5 heterocycles. The topological polar surface area (TPSA) is 279 Å². The summed E-state index contributed by atoms with van der Waals surface area (Å²) >= 11 is 6.43. The van der Waals surface area contributed by atoms with Crippen molar-refractivity contribution >= 4 is 82.5 Å². The predicted octanol–water partition coefficient (Wildman–Crippen LogP) is 6.00. The van der Waals surface area contributed by atoms with Crippen molar-refractivity contribution in [2.24, 2.45) is 35.5 Å². The molecule has 0 aromatic heterocycles. The van der Waals surface area contributed by atoms with Crippen LogP contribution in [-0.2, 0) is 62.3 Å². The van der Waals surface area contributed by atoms with Crippen molar-refractivity contribution in [1.29, 1.82) is 0 Å². The first-order chi connectivity index (χ1) is 49.2. The molecular weight excluding hydrogens is 1370 g/mol. The molecule has 15 atom stereocenters. The van der Waals surface area contributed by atoms with Crippen molar-refractivity contribution < 1.29 is 75.4 Å². The van der Waals surface area contributed by atoms with Crippen molar-refractivity contribution in [3.8, 4) is 0 Å². The molecule has 9 rings (SSSR count). The van der Waals surface area contributed by atoms with Gasteiger partial charge in [-0.25, -0.2) is 0 Å². The van der Waals surface area contributed by atoms with E-state index in [1.807, 2.05) is 20.8 Å². The summed E-state index contributed by atoms with van der Waals surface area (Å²) in [6.07, 6.45) is 6.23. The Morgan fingerprint density at radius 1 is 0.615 bits per heavy atom. The lowest BCUT2D eigenvalue weighted by molar-refractivity contribution is -0.182. The Labute approximate surface area is 617 Å². The summed E-state index contributed by atoms with van der Waals surface area (Å²) in [6, 6.07) is -11.5. The molecule has 104 heavy (non-hydrogen) atoms. The van der Waals surface area contributed by atoms with Gasteiger partial charge >= 0.3 is 6.18 Å². The standard InChI is InChI=1S/C75H118ClF3N12O13/c1-12-45(4)62-71(101)84(7)46(5)66(96)90-36-32-56(90)69(99)86(9)58(39-47-21-14-13-15-22-47)68(98)83(6)41-60(92)80-54(31-27-48-26-30-52(53(76)38-48)75(77,78)79)67(97)89-35-20-25-55(89)65(95)82-74(33-18-19-34-74)73(103)88(11)63(49-23-16-17-24-49)72(102)87(10)59(70(100)91-50-28-29-51(91)43-104-42-50)40-61(93)85(8)57(37-44(2)3)64(94)81-62/h44-59,62-63H,12-43H2,1-11H3,(H,80,92)(H,81,94)(H,82,95)/t45-,46-,48?,50?,51?,52?,53?,54-,55-,56-,57-,58-,59-,62-,63-/m0/s1. The Morgan fingerprint density at radius 2 is 1.25 bits per heavy atom. The number of amides is 12. The average molecular weight is 1490 g/mol. The number of likely N-dealkylation sites (N-methyl/N-ethyl adjacent to an activating group) is 6. The Kier molecular flexibility index (Phi) is 27.6. The molecule has 4 saturated carbocycles. The summed E-state index contributed by atoms with van der Waals surface area (Å²) < 4.78 is 48.1. The van der Waals surface area contributed by atoms with Gasteiger partial charge in [-0.2, -0.15) is 13.2 Å². The van der Waals surface area contributed by atoms with Gasteiger partial charge in [-0.05, 0) is 139 Å². The van der Waals surface area contributed by atoms with Crippen LogP contribution in [0.25, 0.3) is 0 Å². The number of alkyl halides is 4. The maximum Gasteiger partial charge on any atom is 0.393 e. The molecule has 0 aromatic rings. The Bertz CT molecular complexity index is 3110. The van der Waals surface area contributed by atoms with E-state index in [0.717, 1.165) is 44.9 Å². The van der Waals surface area contributed by atoms with E-state index in [2.05, 4.69) is 16.0 Å². The first-order valence-corrected chi connectivity index (χ1v) is 39.3. The number of ether oxygens (including phenoxy) is 1. The van der Waals surface area contributed by atoms with Crippen LogP contribution >= 0.6 is 11.6 Å². The van der Waals surface area contributed by atoms with Gasteiger partial charge in [-0.3, -0.25) is 57.5 Å². The van der Waals surface area contributed by atoms with Crippen LogP contribution in [0.1, 0.15) is 208 Å². The molecule has 9 fully saturated rings. The second kappa shape index (κ2) is 35.2. The van der Waals surface area contributed by atoms with Crippen LogP contribution in [0.5, 0.6) is 0 Å². The fraction of sp³-hybridized carbons (Fsp3) is 0.840. The highest BCUT2D eigenvalue weighted by atomic mass is 35.5. The van der Waals surface area contributed by atoms with Gasteiger partial charge in [0.05, 0.1) is 44.2 Å².